The van der Waals surface area contributed by atoms with Crippen LogP contribution in [0.3, 0.4) is 0 Å². The number of nitrogens with zero attached hydrogens (tertiary/aromatic N) is 2. The topological polar surface area (TPSA) is 28.2 Å². The van der Waals surface area contributed by atoms with Crippen molar-refractivity contribution in [2.75, 3.05) is 18.5 Å². The van der Waals surface area contributed by atoms with Gasteiger partial charge in [0.1, 0.15) is 0 Å². The van der Waals surface area contributed by atoms with E-state index in [1.165, 1.54) is 4.88 Å². The Bertz CT molecular complexity index is 477. The molecule has 104 valence electrons. The van der Waals surface area contributed by atoms with Gasteiger partial charge in [-0.15, -0.1) is 22.7 Å². The normalized spacial score (nSPS) is 11.2. The van der Waals surface area contributed by atoms with Gasteiger partial charge in [-0.3, -0.25) is 0 Å². The van der Waals surface area contributed by atoms with Gasteiger partial charge in [-0.1, -0.05) is 19.9 Å². The molecule has 3 nitrogen and oxygen atoms in total. The summed E-state index contributed by atoms with van der Waals surface area (Å²) in [6, 6.07) is 4.26. The first-order chi connectivity index (χ1) is 9.15. The number of rotatable bonds is 7. The van der Waals surface area contributed by atoms with Gasteiger partial charge >= 0.3 is 0 Å². The molecule has 2 aromatic rings. The Labute approximate surface area is 123 Å². The molecule has 0 saturated heterocycles. The molecule has 19 heavy (non-hydrogen) atoms. The lowest BCUT2D eigenvalue weighted by atomic mass is 10.2. The zero-order valence-corrected chi connectivity index (χ0v) is 13.4. The van der Waals surface area contributed by atoms with Crippen molar-refractivity contribution in [1.82, 2.24) is 10.3 Å². The average molecular weight is 295 g/mol. The molecule has 2 rings (SSSR count). The molecule has 0 amide bonds. The predicted molar refractivity (Wildman–Crippen MR) is 85.1 cm³/mol. The van der Waals surface area contributed by atoms with Crippen LogP contribution in [0.25, 0.3) is 0 Å². The van der Waals surface area contributed by atoms with E-state index in [0.717, 1.165) is 30.5 Å². The first kappa shape index (κ1) is 14.5. The largest absolute Gasteiger partial charge is 0.346 e. The summed E-state index contributed by atoms with van der Waals surface area (Å²) in [4.78, 5) is 8.26. The number of thiazole rings is 1. The van der Waals surface area contributed by atoms with Crippen LogP contribution in [0.5, 0.6) is 0 Å². The summed E-state index contributed by atoms with van der Waals surface area (Å²) in [5.41, 5.74) is 1.14. The van der Waals surface area contributed by atoms with Crippen LogP contribution in [0.4, 0.5) is 5.13 Å². The lowest BCUT2D eigenvalue weighted by molar-refractivity contribution is 0.549. The Morgan fingerprint density at radius 2 is 2.21 bits per heavy atom. The summed E-state index contributed by atoms with van der Waals surface area (Å²) in [7, 11) is 2.10. The number of nitrogens with one attached hydrogen (secondary N) is 1. The van der Waals surface area contributed by atoms with Crippen molar-refractivity contribution in [3.8, 4) is 0 Å². The fourth-order valence-electron chi connectivity index (χ4n) is 1.75. The smallest absolute Gasteiger partial charge is 0.185 e. The summed E-state index contributed by atoms with van der Waals surface area (Å²) in [5, 5.41) is 8.78. The van der Waals surface area contributed by atoms with Crippen LogP contribution in [0.15, 0.2) is 22.9 Å². The van der Waals surface area contributed by atoms with Crippen LogP contribution in [-0.2, 0) is 13.1 Å². The molecular weight excluding hydrogens is 274 g/mol. The second kappa shape index (κ2) is 7.03. The highest BCUT2D eigenvalue weighted by Gasteiger charge is 2.08. The van der Waals surface area contributed by atoms with Gasteiger partial charge in [0.05, 0.1) is 12.2 Å². The van der Waals surface area contributed by atoms with Crippen molar-refractivity contribution in [2.45, 2.75) is 26.9 Å². The molecule has 0 aliphatic heterocycles. The molecule has 0 radical (unpaired) electrons. The van der Waals surface area contributed by atoms with Gasteiger partial charge < -0.3 is 10.2 Å². The van der Waals surface area contributed by atoms with Gasteiger partial charge in [0.2, 0.25) is 0 Å². The molecule has 0 unspecified atom stereocenters. The minimum atomic E-state index is 0.680. The molecule has 0 aromatic carbocycles. The predicted octanol–water partition coefficient (Wildman–Crippen LogP) is 3.59. The Morgan fingerprint density at radius 3 is 2.89 bits per heavy atom. The number of aromatic nitrogens is 1. The number of anilines is 1. The molecule has 1 N–H and O–H groups in total. The Morgan fingerprint density at radius 1 is 1.37 bits per heavy atom. The summed E-state index contributed by atoms with van der Waals surface area (Å²) >= 11 is 3.51. The number of hydrogen-bond donors (Lipinski definition) is 1. The zero-order chi connectivity index (χ0) is 13.7. The molecule has 0 aliphatic carbocycles. The third-order valence-corrected chi connectivity index (χ3v) is 4.56. The quantitative estimate of drug-likeness (QED) is 0.846. The Kier molecular flexibility index (Phi) is 5.36. The molecule has 0 spiro atoms. The lowest BCUT2D eigenvalue weighted by Crippen LogP contribution is -2.19. The fraction of sp³-hybridized carbons (Fsp3) is 0.500. The van der Waals surface area contributed by atoms with Crippen molar-refractivity contribution < 1.29 is 0 Å². The minimum Gasteiger partial charge on any atom is -0.346 e. The van der Waals surface area contributed by atoms with Crippen molar-refractivity contribution in [3.63, 3.8) is 0 Å². The second-order valence-electron chi connectivity index (χ2n) is 5.08. The van der Waals surface area contributed by atoms with E-state index in [-0.39, 0.29) is 0 Å². The Balaban J connectivity index is 1.85. The third-order valence-electron chi connectivity index (χ3n) is 2.70. The van der Waals surface area contributed by atoms with Gasteiger partial charge in [-0.25, -0.2) is 4.98 Å². The molecule has 0 fully saturated rings. The number of hydrogen-bond acceptors (Lipinski definition) is 5. The maximum absolute atomic E-state index is 4.67. The van der Waals surface area contributed by atoms with E-state index in [0.29, 0.717) is 5.92 Å². The van der Waals surface area contributed by atoms with E-state index in [2.05, 4.69) is 59.0 Å². The SMILES string of the molecule is CC(C)CNCc1csc(N(C)Cc2cccs2)n1. The van der Waals surface area contributed by atoms with E-state index in [9.17, 15) is 0 Å². The molecule has 2 heterocycles. The summed E-state index contributed by atoms with van der Waals surface area (Å²) in [6.45, 7) is 7.27. The first-order valence-corrected chi connectivity index (χ1v) is 8.29. The summed E-state index contributed by atoms with van der Waals surface area (Å²) < 4.78 is 0. The zero-order valence-electron chi connectivity index (χ0n) is 11.7. The van der Waals surface area contributed by atoms with Crippen molar-refractivity contribution in [3.05, 3.63) is 33.5 Å². The van der Waals surface area contributed by atoms with Crippen LogP contribution in [0.2, 0.25) is 0 Å². The minimum absolute atomic E-state index is 0.680. The maximum atomic E-state index is 4.67. The standard InChI is InChI=1S/C14H21N3S2/c1-11(2)7-15-8-12-10-19-14(16-12)17(3)9-13-5-4-6-18-13/h4-6,10-11,15H,7-9H2,1-3H3. The monoisotopic (exact) mass is 295 g/mol. The van der Waals surface area contributed by atoms with E-state index in [1.807, 2.05) is 0 Å². The van der Waals surface area contributed by atoms with Gasteiger partial charge in [0, 0.05) is 23.8 Å². The van der Waals surface area contributed by atoms with Gasteiger partial charge in [-0.05, 0) is 23.9 Å². The highest BCUT2D eigenvalue weighted by molar-refractivity contribution is 7.13. The van der Waals surface area contributed by atoms with E-state index >= 15 is 0 Å². The highest BCUT2D eigenvalue weighted by atomic mass is 32.1. The number of thiophene rings is 1. The van der Waals surface area contributed by atoms with E-state index in [1.54, 1.807) is 22.7 Å². The molecule has 5 heteroatoms. The fourth-order valence-corrected chi connectivity index (χ4v) is 3.29. The summed E-state index contributed by atoms with van der Waals surface area (Å²) in [6.07, 6.45) is 0. The Hall–Kier alpha value is -0.910. The van der Waals surface area contributed by atoms with Crippen molar-refractivity contribution in [2.24, 2.45) is 5.92 Å². The van der Waals surface area contributed by atoms with Crippen molar-refractivity contribution >= 4 is 27.8 Å². The van der Waals surface area contributed by atoms with Crippen LogP contribution in [0, 0.1) is 5.92 Å². The van der Waals surface area contributed by atoms with Crippen LogP contribution < -0.4 is 10.2 Å². The van der Waals surface area contributed by atoms with Gasteiger partial charge in [-0.2, -0.15) is 0 Å². The molecule has 0 aliphatic rings. The van der Waals surface area contributed by atoms with E-state index in [4.69, 9.17) is 0 Å². The summed E-state index contributed by atoms with van der Waals surface area (Å²) in [5.74, 6) is 0.680. The molecule has 0 bridgehead atoms. The van der Waals surface area contributed by atoms with Crippen LogP contribution in [-0.4, -0.2) is 18.6 Å². The average Bonchev–Trinajstić information content (AvgIpc) is 2.99. The maximum Gasteiger partial charge on any atom is 0.185 e. The van der Waals surface area contributed by atoms with Crippen LogP contribution >= 0.6 is 22.7 Å². The second-order valence-corrected chi connectivity index (χ2v) is 6.95. The van der Waals surface area contributed by atoms with Gasteiger partial charge in [0.25, 0.3) is 0 Å². The van der Waals surface area contributed by atoms with Crippen LogP contribution in [0.1, 0.15) is 24.4 Å². The molecular formula is C14H21N3S2. The lowest BCUT2D eigenvalue weighted by Gasteiger charge is -2.14. The van der Waals surface area contributed by atoms with Crippen molar-refractivity contribution in [1.29, 1.82) is 0 Å². The first-order valence-electron chi connectivity index (χ1n) is 6.54. The van der Waals surface area contributed by atoms with E-state index < -0.39 is 0 Å². The molecule has 0 saturated carbocycles. The highest BCUT2D eigenvalue weighted by Crippen LogP contribution is 2.22. The molecule has 0 atom stereocenters. The molecule has 2 aromatic heterocycles. The third kappa shape index (κ3) is 4.60. The van der Waals surface area contributed by atoms with Gasteiger partial charge in [0.15, 0.2) is 5.13 Å².